The van der Waals surface area contributed by atoms with E-state index in [4.69, 9.17) is 0 Å². The van der Waals surface area contributed by atoms with Gasteiger partial charge in [0.15, 0.2) is 11.5 Å². The van der Waals surface area contributed by atoms with Crippen molar-refractivity contribution >= 4 is 40.1 Å². The molecule has 188 valence electrons. The lowest BCUT2D eigenvalue weighted by Crippen LogP contribution is -2.53. The Kier molecular flexibility index (Phi) is 5.67. The molecule has 1 aromatic carbocycles. The van der Waals surface area contributed by atoms with Crippen LogP contribution in [0.15, 0.2) is 65.2 Å². The van der Waals surface area contributed by atoms with Crippen molar-refractivity contribution in [3.8, 4) is 11.1 Å². The number of hydrogen-bond acceptors (Lipinski definition) is 7. The molecular weight excluding hydrogens is 495 g/mol. The summed E-state index contributed by atoms with van der Waals surface area (Å²) in [6, 6.07) is 9.47. The number of rotatable bonds is 4. The molecule has 0 spiro atoms. The number of carboxylic acid groups (broad SMARTS) is 1. The first kappa shape index (κ1) is 23.2. The van der Waals surface area contributed by atoms with Crippen LogP contribution in [0.25, 0.3) is 27.7 Å². The molecule has 5 heterocycles. The number of fused-ring (bicyclic) bond motifs is 2. The maximum absolute atomic E-state index is 14.8. The predicted octanol–water partition coefficient (Wildman–Crippen LogP) is 4.16. The van der Waals surface area contributed by atoms with Gasteiger partial charge in [0.1, 0.15) is 0 Å². The second-order valence-electron chi connectivity index (χ2n) is 9.08. The van der Waals surface area contributed by atoms with Gasteiger partial charge in [-0.25, -0.2) is 9.18 Å². The smallest absolute Gasteiger partial charge is 0.407 e. The van der Waals surface area contributed by atoms with Gasteiger partial charge in [0.05, 0.1) is 23.6 Å². The van der Waals surface area contributed by atoms with E-state index >= 15 is 0 Å². The number of anilines is 1. The normalized spacial score (nSPS) is 16.1. The van der Waals surface area contributed by atoms with E-state index in [2.05, 4.69) is 31.2 Å². The van der Waals surface area contributed by atoms with Crippen molar-refractivity contribution in [2.75, 3.05) is 24.5 Å². The summed E-state index contributed by atoms with van der Waals surface area (Å²) in [5.74, 6) is -0.454. The van der Waals surface area contributed by atoms with Crippen LogP contribution < -0.4 is 4.90 Å². The molecular formula is C25H23FN8O2S. The molecule has 0 bridgehead atoms. The summed E-state index contributed by atoms with van der Waals surface area (Å²) in [4.78, 5) is 20.5. The van der Waals surface area contributed by atoms with Crippen LogP contribution in [0.2, 0.25) is 0 Å². The second-order valence-corrected chi connectivity index (χ2v) is 10.1. The lowest BCUT2D eigenvalue weighted by atomic mass is 10.1. The molecule has 4 aromatic heterocycles. The van der Waals surface area contributed by atoms with Crippen molar-refractivity contribution in [3.63, 3.8) is 0 Å². The average Bonchev–Trinajstić information content (AvgIpc) is 3.50. The molecule has 1 atom stereocenters. The van der Waals surface area contributed by atoms with Gasteiger partial charge in [-0.3, -0.25) is 14.1 Å². The van der Waals surface area contributed by atoms with Gasteiger partial charge >= 0.3 is 6.09 Å². The first-order valence-electron chi connectivity index (χ1n) is 11.7. The van der Waals surface area contributed by atoms with Crippen molar-refractivity contribution < 1.29 is 14.3 Å². The largest absolute Gasteiger partial charge is 0.465 e. The molecule has 1 N–H and O–H groups in total. The summed E-state index contributed by atoms with van der Waals surface area (Å²) in [7, 11) is 1.81. The predicted molar refractivity (Wildman–Crippen MR) is 137 cm³/mol. The van der Waals surface area contributed by atoms with E-state index in [9.17, 15) is 14.3 Å². The lowest BCUT2D eigenvalue weighted by molar-refractivity contribution is 0.136. The molecule has 5 aromatic rings. The molecule has 6 rings (SSSR count). The second kappa shape index (κ2) is 9.04. The number of benzene rings is 1. The zero-order valence-corrected chi connectivity index (χ0v) is 20.9. The third kappa shape index (κ3) is 4.33. The van der Waals surface area contributed by atoms with E-state index in [0.29, 0.717) is 30.4 Å². The van der Waals surface area contributed by atoms with Crippen LogP contribution in [0.3, 0.4) is 0 Å². The van der Waals surface area contributed by atoms with Crippen molar-refractivity contribution in [3.05, 3.63) is 60.9 Å². The summed E-state index contributed by atoms with van der Waals surface area (Å²) in [6.07, 6.45) is 6.27. The van der Waals surface area contributed by atoms with E-state index in [-0.39, 0.29) is 11.7 Å². The Hall–Kier alpha value is -4.19. The Morgan fingerprint density at radius 2 is 1.97 bits per heavy atom. The van der Waals surface area contributed by atoms with Gasteiger partial charge in [-0.2, -0.15) is 5.10 Å². The fraction of sp³-hybridized carbons (Fsp3) is 0.240. The summed E-state index contributed by atoms with van der Waals surface area (Å²) in [5.41, 5.74) is 3.44. The zero-order valence-electron chi connectivity index (χ0n) is 20.1. The van der Waals surface area contributed by atoms with Crippen LogP contribution in [0, 0.1) is 5.82 Å². The quantitative estimate of drug-likeness (QED) is 0.378. The van der Waals surface area contributed by atoms with Gasteiger partial charge in [0.2, 0.25) is 5.16 Å². The fourth-order valence-electron chi connectivity index (χ4n) is 4.67. The zero-order chi connectivity index (χ0) is 25.7. The molecule has 1 aliphatic heterocycles. The number of hydrogen-bond donors (Lipinski definition) is 1. The van der Waals surface area contributed by atoms with E-state index in [0.717, 1.165) is 27.0 Å². The molecule has 0 saturated carbocycles. The van der Waals surface area contributed by atoms with E-state index in [1.807, 2.05) is 50.8 Å². The highest BCUT2D eigenvalue weighted by atomic mass is 32.2. The first-order chi connectivity index (χ1) is 17.9. The van der Waals surface area contributed by atoms with Crippen molar-refractivity contribution in [1.82, 2.24) is 34.3 Å². The summed E-state index contributed by atoms with van der Waals surface area (Å²) < 4.78 is 18.1. The van der Waals surface area contributed by atoms with Crippen LogP contribution in [-0.2, 0) is 7.05 Å². The third-order valence-corrected chi connectivity index (χ3v) is 7.49. The minimum absolute atomic E-state index is 0.0351. The molecule has 37 heavy (non-hydrogen) atoms. The number of pyridine rings is 2. The Labute approximate surface area is 215 Å². The number of aromatic nitrogens is 6. The molecule has 0 radical (unpaired) electrons. The Bertz CT molecular complexity index is 1650. The van der Waals surface area contributed by atoms with Gasteiger partial charge in [-0.1, -0.05) is 0 Å². The topological polar surface area (TPSA) is 105 Å². The highest BCUT2D eigenvalue weighted by Crippen LogP contribution is 2.32. The lowest BCUT2D eigenvalue weighted by Gasteiger charge is -2.40. The molecule has 1 aliphatic rings. The van der Waals surface area contributed by atoms with Crippen LogP contribution >= 0.6 is 11.8 Å². The van der Waals surface area contributed by atoms with E-state index < -0.39 is 11.9 Å². The molecule has 12 heteroatoms. The Morgan fingerprint density at radius 1 is 1.11 bits per heavy atom. The number of carbonyl (C=O) groups is 1. The maximum Gasteiger partial charge on any atom is 0.407 e. The van der Waals surface area contributed by atoms with Crippen molar-refractivity contribution in [2.24, 2.45) is 7.05 Å². The summed E-state index contributed by atoms with van der Waals surface area (Å²) >= 11 is 1.39. The minimum Gasteiger partial charge on any atom is -0.465 e. The van der Waals surface area contributed by atoms with Crippen LogP contribution in [-0.4, -0.2) is 71.1 Å². The fourth-order valence-corrected chi connectivity index (χ4v) is 5.52. The standard InChI is InChI=1S/C25H23FN8O2S/c1-15-12-32(25(35)36)5-6-33(15)19-7-16-8-20(3-4-22(16)27-11-19)37-24-30-29-23-21(26)9-17(14-34(23)24)18-10-28-31(2)13-18/h3-4,7-11,13-15H,5-6,12H2,1-2H3,(H,35,36). The highest BCUT2D eigenvalue weighted by molar-refractivity contribution is 7.99. The van der Waals surface area contributed by atoms with Crippen LogP contribution in [0.4, 0.5) is 14.9 Å². The van der Waals surface area contributed by atoms with E-state index in [1.165, 1.54) is 22.7 Å². The average molecular weight is 519 g/mol. The number of halogens is 1. The van der Waals surface area contributed by atoms with Gasteiger partial charge in [-0.05, 0) is 49.0 Å². The molecule has 1 amide bonds. The Morgan fingerprint density at radius 3 is 2.73 bits per heavy atom. The van der Waals surface area contributed by atoms with Gasteiger partial charge in [0.25, 0.3) is 0 Å². The monoisotopic (exact) mass is 518 g/mol. The van der Waals surface area contributed by atoms with Crippen molar-refractivity contribution in [1.29, 1.82) is 0 Å². The maximum atomic E-state index is 14.8. The van der Waals surface area contributed by atoms with E-state index in [1.54, 1.807) is 15.3 Å². The van der Waals surface area contributed by atoms with Gasteiger partial charge in [-0.15, -0.1) is 10.2 Å². The number of nitrogens with zero attached hydrogens (tertiary/aromatic N) is 8. The minimum atomic E-state index is -0.891. The first-order valence-corrected chi connectivity index (χ1v) is 12.5. The van der Waals surface area contributed by atoms with Gasteiger partial charge < -0.3 is 14.9 Å². The molecule has 1 fully saturated rings. The molecule has 10 nitrogen and oxygen atoms in total. The molecule has 0 aliphatic carbocycles. The third-order valence-electron chi connectivity index (χ3n) is 6.54. The number of amides is 1. The van der Waals surface area contributed by atoms with Gasteiger partial charge in [0, 0.05) is 66.5 Å². The highest BCUT2D eigenvalue weighted by Gasteiger charge is 2.27. The summed E-state index contributed by atoms with van der Waals surface area (Å²) in [5, 5.41) is 23.3. The van der Waals surface area contributed by atoms with Crippen LogP contribution in [0.5, 0.6) is 0 Å². The Balaban J connectivity index is 1.30. The SMILES string of the molecule is CC1CN(C(=O)O)CCN1c1cnc2ccc(Sc3nnc4c(F)cc(-c5cnn(C)c5)cn34)cc2c1. The summed E-state index contributed by atoms with van der Waals surface area (Å²) in [6.45, 7) is 3.51. The number of aryl methyl sites for hydroxylation is 1. The molecule has 1 saturated heterocycles. The van der Waals surface area contributed by atoms with Crippen molar-refractivity contribution in [2.45, 2.75) is 23.0 Å². The van der Waals surface area contributed by atoms with Crippen LogP contribution in [0.1, 0.15) is 6.92 Å². The molecule has 1 unspecified atom stereocenters. The number of piperazine rings is 1.